The maximum Gasteiger partial charge on any atom is 0.416 e. The normalized spacial score (nSPS) is 11.8. The molecule has 7 heteroatoms. The zero-order valence-corrected chi connectivity index (χ0v) is 13.5. The van der Waals surface area contributed by atoms with E-state index < -0.39 is 17.6 Å². The molecule has 1 rings (SSSR count). The van der Waals surface area contributed by atoms with E-state index in [0.29, 0.717) is 11.0 Å². The molecule has 0 bridgehead atoms. The third-order valence-corrected chi connectivity index (χ3v) is 3.55. The molecule has 1 aromatic rings. The Hall–Kier alpha value is -1.08. The molecule has 0 aliphatic carbocycles. The Morgan fingerprint density at radius 2 is 1.95 bits per heavy atom. The number of halogens is 4. The minimum Gasteiger partial charge on any atom is -0.352 e. The van der Waals surface area contributed by atoms with Crippen LogP contribution >= 0.6 is 15.9 Å². The Morgan fingerprint density at radius 3 is 2.52 bits per heavy atom. The molecule has 0 aliphatic rings. The van der Waals surface area contributed by atoms with E-state index in [9.17, 15) is 18.0 Å². The fourth-order valence-corrected chi connectivity index (χ4v) is 2.15. The molecular formula is C14H18BrF3N2O. The smallest absolute Gasteiger partial charge is 0.352 e. The van der Waals surface area contributed by atoms with Gasteiger partial charge < -0.3 is 10.2 Å². The third kappa shape index (κ3) is 6.05. The van der Waals surface area contributed by atoms with Crippen molar-refractivity contribution in [2.24, 2.45) is 0 Å². The number of nitrogens with one attached hydrogen (secondary N) is 1. The van der Waals surface area contributed by atoms with E-state index in [1.165, 1.54) is 6.07 Å². The largest absolute Gasteiger partial charge is 0.416 e. The van der Waals surface area contributed by atoms with Gasteiger partial charge in [0.1, 0.15) is 0 Å². The minimum atomic E-state index is -4.46. The molecule has 118 valence electrons. The van der Waals surface area contributed by atoms with Crippen LogP contribution in [0, 0.1) is 0 Å². The van der Waals surface area contributed by atoms with Crippen LogP contribution in [-0.2, 0) is 6.18 Å². The quantitative estimate of drug-likeness (QED) is 0.781. The Labute approximate surface area is 130 Å². The molecule has 0 aliphatic heterocycles. The molecule has 0 saturated heterocycles. The van der Waals surface area contributed by atoms with E-state index in [1.54, 1.807) is 0 Å². The summed E-state index contributed by atoms with van der Waals surface area (Å²) < 4.78 is 38.3. The zero-order chi connectivity index (χ0) is 16.0. The second-order valence-corrected chi connectivity index (χ2v) is 5.81. The van der Waals surface area contributed by atoms with Gasteiger partial charge in [-0.2, -0.15) is 13.2 Å². The first-order chi connectivity index (χ1) is 9.71. The standard InChI is InChI=1S/C14H18BrF3N2O/c1-20(2)8-4-3-7-19-13(21)11-9-10(14(16,17)18)5-6-12(11)15/h5-6,9H,3-4,7-8H2,1-2H3,(H,19,21). The first-order valence-electron chi connectivity index (χ1n) is 6.51. The molecule has 1 aromatic carbocycles. The van der Waals surface area contributed by atoms with Crippen LogP contribution in [0.25, 0.3) is 0 Å². The van der Waals surface area contributed by atoms with Gasteiger partial charge in [0.15, 0.2) is 0 Å². The van der Waals surface area contributed by atoms with Crippen molar-refractivity contribution < 1.29 is 18.0 Å². The molecule has 3 nitrogen and oxygen atoms in total. The summed E-state index contributed by atoms with van der Waals surface area (Å²) in [6.07, 6.45) is -2.76. The molecule has 0 radical (unpaired) electrons. The maximum absolute atomic E-state index is 12.6. The molecule has 0 saturated carbocycles. The number of rotatable bonds is 6. The predicted octanol–water partition coefficient (Wildman–Crippen LogP) is 3.54. The maximum atomic E-state index is 12.6. The molecule has 0 aromatic heterocycles. The van der Waals surface area contributed by atoms with Crippen molar-refractivity contribution in [3.63, 3.8) is 0 Å². The summed E-state index contributed by atoms with van der Waals surface area (Å²) >= 11 is 3.10. The van der Waals surface area contributed by atoms with Gasteiger partial charge >= 0.3 is 6.18 Å². The van der Waals surface area contributed by atoms with Crippen molar-refractivity contribution in [1.29, 1.82) is 0 Å². The lowest BCUT2D eigenvalue weighted by atomic mass is 10.1. The van der Waals surface area contributed by atoms with Crippen LogP contribution in [-0.4, -0.2) is 38.0 Å². The lowest BCUT2D eigenvalue weighted by Gasteiger charge is -2.12. The average molecular weight is 367 g/mol. The van der Waals surface area contributed by atoms with Crippen LogP contribution in [0.3, 0.4) is 0 Å². The van der Waals surface area contributed by atoms with Crippen molar-refractivity contribution in [2.45, 2.75) is 19.0 Å². The number of carbonyl (C=O) groups excluding carboxylic acids is 1. The fraction of sp³-hybridized carbons (Fsp3) is 0.500. The van der Waals surface area contributed by atoms with Crippen LogP contribution in [0.4, 0.5) is 13.2 Å². The van der Waals surface area contributed by atoms with Crippen LogP contribution in [0.15, 0.2) is 22.7 Å². The number of unbranched alkanes of at least 4 members (excludes halogenated alkanes) is 1. The lowest BCUT2D eigenvalue weighted by molar-refractivity contribution is -0.137. The second-order valence-electron chi connectivity index (χ2n) is 4.96. The van der Waals surface area contributed by atoms with Gasteiger partial charge in [-0.1, -0.05) is 0 Å². The molecule has 0 atom stereocenters. The number of amides is 1. The van der Waals surface area contributed by atoms with Crippen molar-refractivity contribution in [1.82, 2.24) is 10.2 Å². The van der Waals surface area contributed by atoms with Gasteiger partial charge in [-0.15, -0.1) is 0 Å². The Morgan fingerprint density at radius 1 is 1.29 bits per heavy atom. The van der Waals surface area contributed by atoms with E-state index in [-0.39, 0.29) is 5.56 Å². The number of nitrogens with zero attached hydrogens (tertiary/aromatic N) is 1. The summed E-state index contributed by atoms with van der Waals surface area (Å²) in [5.74, 6) is -0.502. The molecule has 21 heavy (non-hydrogen) atoms. The number of alkyl halides is 3. The second kappa shape index (κ2) is 7.79. The minimum absolute atomic E-state index is 0.00238. The molecule has 1 N–H and O–H groups in total. The summed E-state index contributed by atoms with van der Waals surface area (Å²) in [5.41, 5.74) is -0.833. The van der Waals surface area contributed by atoms with Gasteiger partial charge in [-0.05, 0) is 67.6 Å². The molecular weight excluding hydrogens is 349 g/mol. The topological polar surface area (TPSA) is 32.3 Å². The van der Waals surface area contributed by atoms with E-state index in [4.69, 9.17) is 0 Å². The highest BCUT2D eigenvalue weighted by Crippen LogP contribution is 2.31. The van der Waals surface area contributed by atoms with Gasteiger partial charge in [0, 0.05) is 11.0 Å². The lowest BCUT2D eigenvalue weighted by Crippen LogP contribution is -2.26. The number of hydrogen-bond donors (Lipinski definition) is 1. The summed E-state index contributed by atoms with van der Waals surface area (Å²) in [6, 6.07) is 3.04. The SMILES string of the molecule is CN(C)CCCCNC(=O)c1cc(C(F)(F)F)ccc1Br. The van der Waals surface area contributed by atoms with Gasteiger partial charge in [0.05, 0.1) is 11.1 Å². The first kappa shape index (κ1) is 18.0. The molecule has 0 spiro atoms. The molecule has 0 heterocycles. The highest BCUT2D eigenvalue weighted by atomic mass is 79.9. The Kier molecular flexibility index (Phi) is 6.67. The van der Waals surface area contributed by atoms with E-state index in [0.717, 1.165) is 31.5 Å². The summed E-state index contributed by atoms with van der Waals surface area (Å²) in [6.45, 7) is 1.35. The summed E-state index contributed by atoms with van der Waals surface area (Å²) in [5, 5.41) is 2.64. The Bertz CT molecular complexity index is 490. The highest BCUT2D eigenvalue weighted by Gasteiger charge is 2.31. The van der Waals surface area contributed by atoms with Crippen molar-refractivity contribution in [3.05, 3.63) is 33.8 Å². The number of hydrogen-bond acceptors (Lipinski definition) is 2. The molecule has 0 fully saturated rings. The monoisotopic (exact) mass is 366 g/mol. The van der Waals surface area contributed by atoms with Crippen LogP contribution in [0.1, 0.15) is 28.8 Å². The highest BCUT2D eigenvalue weighted by molar-refractivity contribution is 9.10. The first-order valence-corrected chi connectivity index (χ1v) is 7.31. The van der Waals surface area contributed by atoms with Crippen molar-refractivity contribution in [3.8, 4) is 0 Å². The van der Waals surface area contributed by atoms with Crippen LogP contribution in [0.5, 0.6) is 0 Å². The fourth-order valence-electron chi connectivity index (χ4n) is 1.73. The summed E-state index contributed by atoms with van der Waals surface area (Å²) in [4.78, 5) is 14.0. The van der Waals surface area contributed by atoms with E-state index in [2.05, 4.69) is 21.2 Å². The zero-order valence-electron chi connectivity index (χ0n) is 11.9. The molecule has 0 unspecified atom stereocenters. The molecule has 1 amide bonds. The number of benzene rings is 1. The average Bonchev–Trinajstić information content (AvgIpc) is 2.36. The van der Waals surface area contributed by atoms with E-state index in [1.807, 2.05) is 19.0 Å². The van der Waals surface area contributed by atoms with Crippen LogP contribution < -0.4 is 5.32 Å². The van der Waals surface area contributed by atoms with Crippen molar-refractivity contribution >= 4 is 21.8 Å². The van der Waals surface area contributed by atoms with Gasteiger partial charge in [-0.3, -0.25) is 4.79 Å². The summed E-state index contributed by atoms with van der Waals surface area (Å²) in [7, 11) is 3.91. The van der Waals surface area contributed by atoms with Gasteiger partial charge in [-0.25, -0.2) is 0 Å². The Balaban J connectivity index is 2.61. The number of carbonyl (C=O) groups is 1. The van der Waals surface area contributed by atoms with E-state index >= 15 is 0 Å². The predicted molar refractivity (Wildman–Crippen MR) is 79.3 cm³/mol. The van der Waals surface area contributed by atoms with Gasteiger partial charge in [0.25, 0.3) is 5.91 Å². The van der Waals surface area contributed by atoms with Gasteiger partial charge in [0.2, 0.25) is 0 Å². The third-order valence-electron chi connectivity index (χ3n) is 2.86. The van der Waals surface area contributed by atoms with Crippen LogP contribution in [0.2, 0.25) is 0 Å². The van der Waals surface area contributed by atoms with Crippen molar-refractivity contribution in [2.75, 3.05) is 27.2 Å².